The van der Waals surface area contributed by atoms with Crippen LogP contribution < -0.4 is 0 Å². The highest BCUT2D eigenvalue weighted by molar-refractivity contribution is 7.92. The Bertz CT molecular complexity index is 695. The SMILES string of the molecule is CS(=O)(=O)C1CCCC(S(=O)(=O)c2cccc(F)c2)C1. The molecule has 4 nitrogen and oxygen atoms in total. The van der Waals surface area contributed by atoms with Gasteiger partial charge in [-0.15, -0.1) is 0 Å². The average molecular weight is 320 g/mol. The Morgan fingerprint density at radius 3 is 2.35 bits per heavy atom. The van der Waals surface area contributed by atoms with Crippen molar-refractivity contribution in [2.45, 2.75) is 41.1 Å². The predicted octanol–water partition coefficient (Wildman–Crippen LogP) is 1.96. The summed E-state index contributed by atoms with van der Waals surface area (Å²) in [7, 11) is -6.93. The number of benzene rings is 1. The third-order valence-electron chi connectivity index (χ3n) is 3.75. The van der Waals surface area contributed by atoms with E-state index in [2.05, 4.69) is 0 Å². The van der Waals surface area contributed by atoms with E-state index in [1.54, 1.807) is 0 Å². The highest BCUT2D eigenvalue weighted by atomic mass is 32.2. The van der Waals surface area contributed by atoms with Crippen LogP contribution in [0.15, 0.2) is 29.2 Å². The van der Waals surface area contributed by atoms with Crippen molar-refractivity contribution in [3.05, 3.63) is 30.1 Å². The lowest BCUT2D eigenvalue weighted by Crippen LogP contribution is -2.34. The van der Waals surface area contributed by atoms with E-state index in [1.807, 2.05) is 0 Å². The summed E-state index contributed by atoms with van der Waals surface area (Å²) in [6.07, 6.45) is 2.70. The van der Waals surface area contributed by atoms with Crippen molar-refractivity contribution in [1.29, 1.82) is 0 Å². The lowest BCUT2D eigenvalue weighted by atomic mass is 10.00. The van der Waals surface area contributed by atoms with Crippen LogP contribution in [-0.2, 0) is 19.7 Å². The van der Waals surface area contributed by atoms with Crippen molar-refractivity contribution in [1.82, 2.24) is 0 Å². The van der Waals surface area contributed by atoms with E-state index in [0.717, 1.165) is 12.3 Å². The normalized spacial score (nSPS) is 24.5. The van der Waals surface area contributed by atoms with Gasteiger partial charge in [0.25, 0.3) is 0 Å². The summed E-state index contributed by atoms with van der Waals surface area (Å²) >= 11 is 0. The van der Waals surface area contributed by atoms with Gasteiger partial charge in [-0.3, -0.25) is 0 Å². The van der Waals surface area contributed by atoms with E-state index in [9.17, 15) is 21.2 Å². The molecule has 1 aromatic rings. The van der Waals surface area contributed by atoms with Crippen molar-refractivity contribution in [2.75, 3.05) is 6.26 Å². The van der Waals surface area contributed by atoms with Crippen LogP contribution in [0.4, 0.5) is 4.39 Å². The molecule has 0 amide bonds. The maximum Gasteiger partial charge on any atom is 0.181 e. The van der Waals surface area contributed by atoms with Crippen LogP contribution in [0.5, 0.6) is 0 Å². The van der Waals surface area contributed by atoms with Crippen molar-refractivity contribution in [3.8, 4) is 0 Å². The van der Waals surface area contributed by atoms with Gasteiger partial charge in [0.15, 0.2) is 9.84 Å². The molecule has 2 unspecified atom stereocenters. The Kier molecular flexibility index (Phi) is 4.20. The van der Waals surface area contributed by atoms with E-state index in [4.69, 9.17) is 0 Å². The summed E-state index contributed by atoms with van der Waals surface area (Å²) in [4.78, 5) is -0.0725. The molecule has 0 aliphatic heterocycles. The second-order valence-corrected chi connectivity index (χ2v) is 9.80. The minimum atomic E-state index is -3.68. The topological polar surface area (TPSA) is 68.3 Å². The number of sulfone groups is 2. The Labute approximate surface area is 118 Å². The minimum absolute atomic E-state index is 0.0725. The van der Waals surface area contributed by atoms with E-state index >= 15 is 0 Å². The van der Waals surface area contributed by atoms with Crippen LogP contribution in [0, 0.1) is 5.82 Å². The molecule has 7 heteroatoms. The van der Waals surface area contributed by atoms with E-state index < -0.39 is 36.0 Å². The average Bonchev–Trinajstić information content (AvgIpc) is 2.38. The Morgan fingerprint density at radius 1 is 1.10 bits per heavy atom. The molecule has 0 saturated heterocycles. The van der Waals surface area contributed by atoms with Crippen molar-refractivity contribution >= 4 is 19.7 Å². The summed E-state index contributed by atoms with van der Waals surface area (Å²) in [6.45, 7) is 0. The van der Waals surface area contributed by atoms with Crippen LogP contribution in [0.1, 0.15) is 25.7 Å². The summed E-state index contributed by atoms with van der Waals surface area (Å²) in [6, 6.07) is 4.86. The minimum Gasteiger partial charge on any atom is -0.229 e. The fourth-order valence-corrected chi connectivity index (χ4v) is 5.80. The van der Waals surface area contributed by atoms with Crippen molar-refractivity contribution < 1.29 is 21.2 Å². The van der Waals surface area contributed by atoms with Gasteiger partial charge >= 0.3 is 0 Å². The lowest BCUT2D eigenvalue weighted by molar-refractivity contribution is 0.472. The van der Waals surface area contributed by atoms with Crippen LogP contribution in [-0.4, -0.2) is 33.6 Å². The van der Waals surface area contributed by atoms with Gasteiger partial charge in [0.2, 0.25) is 0 Å². The Morgan fingerprint density at radius 2 is 1.75 bits per heavy atom. The van der Waals surface area contributed by atoms with Gasteiger partial charge < -0.3 is 0 Å². The zero-order valence-electron chi connectivity index (χ0n) is 11.1. The number of halogens is 1. The molecule has 2 rings (SSSR count). The maximum atomic E-state index is 13.2. The first-order valence-electron chi connectivity index (χ1n) is 6.39. The molecule has 1 fully saturated rings. The molecule has 20 heavy (non-hydrogen) atoms. The predicted molar refractivity (Wildman–Crippen MR) is 74.5 cm³/mol. The van der Waals surface area contributed by atoms with Gasteiger partial charge in [0, 0.05) is 6.26 Å². The third kappa shape index (κ3) is 3.20. The first-order valence-corrected chi connectivity index (χ1v) is 9.89. The lowest BCUT2D eigenvalue weighted by Gasteiger charge is -2.27. The zero-order valence-corrected chi connectivity index (χ0v) is 12.8. The molecule has 0 N–H and O–H groups in total. The molecule has 1 aliphatic carbocycles. The standard InChI is InChI=1S/C13H17FO4S2/c1-19(15,16)11-5-3-7-13(9-11)20(17,18)12-6-2-4-10(14)8-12/h2,4,6,8,11,13H,3,5,7,9H2,1H3. The maximum absolute atomic E-state index is 13.2. The van der Waals surface area contributed by atoms with Gasteiger partial charge in [0.05, 0.1) is 15.4 Å². The molecule has 1 aliphatic rings. The first kappa shape index (κ1) is 15.4. The fraction of sp³-hybridized carbons (Fsp3) is 0.538. The van der Waals surface area contributed by atoms with Crippen LogP contribution >= 0.6 is 0 Å². The number of hydrogen-bond acceptors (Lipinski definition) is 4. The van der Waals surface area contributed by atoms with Gasteiger partial charge in [-0.05, 0) is 37.5 Å². The fourth-order valence-electron chi connectivity index (χ4n) is 2.61. The van der Waals surface area contributed by atoms with E-state index in [0.29, 0.717) is 19.3 Å². The zero-order chi connectivity index (χ0) is 15.0. The summed E-state index contributed by atoms with van der Waals surface area (Å²) in [5.41, 5.74) is 0. The summed E-state index contributed by atoms with van der Waals surface area (Å²) in [5.74, 6) is -0.610. The van der Waals surface area contributed by atoms with Crippen molar-refractivity contribution in [2.24, 2.45) is 0 Å². The van der Waals surface area contributed by atoms with Gasteiger partial charge in [-0.1, -0.05) is 12.5 Å². The largest absolute Gasteiger partial charge is 0.229 e. The van der Waals surface area contributed by atoms with E-state index in [-0.39, 0.29) is 11.3 Å². The van der Waals surface area contributed by atoms with E-state index in [1.165, 1.54) is 18.2 Å². The Hall–Kier alpha value is -0.950. The summed E-state index contributed by atoms with van der Waals surface area (Å²) in [5, 5.41) is -1.37. The molecular weight excluding hydrogens is 303 g/mol. The van der Waals surface area contributed by atoms with Gasteiger partial charge in [-0.25, -0.2) is 21.2 Å². The molecule has 0 bridgehead atoms. The second kappa shape index (κ2) is 5.44. The molecule has 2 atom stereocenters. The van der Waals surface area contributed by atoms with Gasteiger partial charge in [0.1, 0.15) is 15.7 Å². The number of rotatable bonds is 3. The first-order chi connectivity index (χ1) is 9.21. The Balaban J connectivity index is 2.30. The molecule has 0 heterocycles. The second-order valence-electron chi connectivity index (χ2n) is 5.24. The molecule has 0 spiro atoms. The third-order valence-corrected chi connectivity index (χ3v) is 7.60. The van der Waals surface area contributed by atoms with Crippen molar-refractivity contribution in [3.63, 3.8) is 0 Å². The molecule has 1 saturated carbocycles. The van der Waals surface area contributed by atoms with Crippen LogP contribution in [0.3, 0.4) is 0 Å². The van der Waals surface area contributed by atoms with Gasteiger partial charge in [-0.2, -0.15) is 0 Å². The molecular formula is C13H17FO4S2. The molecule has 0 aromatic heterocycles. The number of hydrogen-bond donors (Lipinski definition) is 0. The smallest absolute Gasteiger partial charge is 0.181 e. The highest BCUT2D eigenvalue weighted by Gasteiger charge is 2.36. The molecule has 112 valence electrons. The monoisotopic (exact) mass is 320 g/mol. The highest BCUT2D eigenvalue weighted by Crippen LogP contribution is 2.31. The van der Waals surface area contributed by atoms with Crippen LogP contribution in [0.2, 0.25) is 0 Å². The molecule has 0 radical (unpaired) electrons. The van der Waals surface area contributed by atoms with Crippen LogP contribution in [0.25, 0.3) is 0 Å². The molecule has 1 aromatic carbocycles. The summed E-state index contributed by atoms with van der Waals surface area (Å²) < 4.78 is 61.3. The quantitative estimate of drug-likeness (QED) is 0.854.